The van der Waals surface area contributed by atoms with Crippen molar-refractivity contribution in [3.05, 3.63) is 54.0 Å². The molecule has 0 aliphatic heterocycles. The molecule has 0 fully saturated rings. The molecule has 0 saturated carbocycles. The molecule has 0 aliphatic carbocycles. The van der Waals surface area contributed by atoms with Gasteiger partial charge in [0.2, 0.25) is 0 Å². The normalized spacial score (nSPS) is 11.6. The largest absolute Gasteiger partial charge is 0.573 e. The van der Waals surface area contributed by atoms with Crippen molar-refractivity contribution < 1.29 is 27.1 Å². The molecular formula is C18H23F3IN3O3. The minimum Gasteiger partial charge on any atom is -0.469 e. The number of aliphatic imine (C=N–C) groups is 1. The summed E-state index contributed by atoms with van der Waals surface area (Å²) in [6.45, 7) is 1.54. The van der Waals surface area contributed by atoms with Crippen LogP contribution in [0.3, 0.4) is 0 Å². The molecule has 156 valence electrons. The van der Waals surface area contributed by atoms with Gasteiger partial charge in [-0.1, -0.05) is 18.2 Å². The van der Waals surface area contributed by atoms with Crippen molar-refractivity contribution in [2.45, 2.75) is 19.3 Å². The van der Waals surface area contributed by atoms with Gasteiger partial charge in [0, 0.05) is 32.2 Å². The highest BCUT2D eigenvalue weighted by Gasteiger charge is 2.31. The van der Waals surface area contributed by atoms with Gasteiger partial charge in [0.25, 0.3) is 0 Å². The first-order chi connectivity index (χ1) is 13.0. The van der Waals surface area contributed by atoms with Crippen LogP contribution < -0.4 is 15.4 Å². The molecule has 0 unspecified atom stereocenters. The first-order valence-corrected chi connectivity index (χ1v) is 8.35. The summed E-state index contributed by atoms with van der Waals surface area (Å²) in [5, 5.41) is 6.17. The molecule has 28 heavy (non-hydrogen) atoms. The Kier molecular flexibility index (Phi) is 10.8. The third-order valence-electron chi connectivity index (χ3n) is 3.45. The molecule has 10 heteroatoms. The average molecular weight is 513 g/mol. The van der Waals surface area contributed by atoms with Crippen LogP contribution in [0.15, 0.2) is 52.1 Å². The second-order valence-corrected chi connectivity index (χ2v) is 5.50. The van der Waals surface area contributed by atoms with Gasteiger partial charge in [-0.3, -0.25) is 0 Å². The van der Waals surface area contributed by atoms with Crippen LogP contribution in [-0.2, 0) is 17.7 Å². The van der Waals surface area contributed by atoms with Gasteiger partial charge in [-0.15, -0.1) is 37.1 Å². The van der Waals surface area contributed by atoms with Gasteiger partial charge >= 0.3 is 6.36 Å². The number of methoxy groups -OCH3 is 1. The molecular weight excluding hydrogens is 490 g/mol. The molecule has 0 spiro atoms. The van der Waals surface area contributed by atoms with Crippen LogP contribution in [0.1, 0.15) is 11.3 Å². The van der Waals surface area contributed by atoms with Gasteiger partial charge in [0.15, 0.2) is 5.96 Å². The number of rotatable bonds is 9. The standard InChI is InChI=1S/C18H22F3N3O3.HI/c1-25-12-10-23-17(22-9-8-15-6-4-11-26-15)24-13-14-5-2-3-7-16(14)27-18(19,20)21;/h2-7,11H,8-10,12-13H2,1H3,(H2,22,23,24);1H. The fraction of sp³-hybridized carbons (Fsp3) is 0.389. The van der Waals surface area contributed by atoms with E-state index in [1.54, 1.807) is 31.6 Å². The van der Waals surface area contributed by atoms with E-state index in [0.29, 0.717) is 37.6 Å². The van der Waals surface area contributed by atoms with E-state index >= 15 is 0 Å². The Labute approximate surface area is 178 Å². The van der Waals surface area contributed by atoms with Gasteiger partial charge in [0.1, 0.15) is 11.5 Å². The molecule has 2 aromatic rings. The van der Waals surface area contributed by atoms with E-state index in [2.05, 4.69) is 20.4 Å². The molecule has 2 rings (SSSR count). The zero-order chi connectivity index (χ0) is 19.5. The van der Waals surface area contributed by atoms with Crippen LogP contribution in [0.5, 0.6) is 5.75 Å². The minimum absolute atomic E-state index is 0. The summed E-state index contributed by atoms with van der Waals surface area (Å²) in [7, 11) is 1.58. The average Bonchev–Trinajstić information content (AvgIpc) is 3.12. The van der Waals surface area contributed by atoms with Crippen molar-refractivity contribution >= 4 is 29.9 Å². The molecule has 0 bridgehead atoms. The first-order valence-electron chi connectivity index (χ1n) is 8.35. The second kappa shape index (κ2) is 12.5. The van der Waals surface area contributed by atoms with Crippen LogP contribution in [-0.4, -0.2) is 39.1 Å². The van der Waals surface area contributed by atoms with Crippen LogP contribution in [0, 0.1) is 0 Å². The van der Waals surface area contributed by atoms with E-state index in [1.165, 1.54) is 12.1 Å². The lowest BCUT2D eigenvalue weighted by Crippen LogP contribution is -2.40. The number of benzene rings is 1. The summed E-state index contributed by atoms with van der Waals surface area (Å²) < 4.78 is 51.9. The predicted molar refractivity (Wildman–Crippen MR) is 110 cm³/mol. The summed E-state index contributed by atoms with van der Waals surface area (Å²) in [4.78, 5) is 4.34. The summed E-state index contributed by atoms with van der Waals surface area (Å²) in [6.07, 6.45) is -2.51. The molecule has 0 saturated heterocycles. The van der Waals surface area contributed by atoms with Crippen LogP contribution in [0.25, 0.3) is 0 Å². The quantitative estimate of drug-likeness (QED) is 0.232. The lowest BCUT2D eigenvalue weighted by Gasteiger charge is -2.14. The predicted octanol–water partition coefficient (Wildman–Crippen LogP) is 3.72. The molecule has 6 nitrogen and oxygen atoms in total. The third-order valence-corrected chi connectivity index (χ3v) is 3.45. The summed E-state index contributed by atoms with van der Waals surface area (Å²) >= 11 is 0. The number of ether oxygens (including phenoxy) is 2. The maximum atomic E-state index is 12.5. The van der Waals surface area contributed by atoms with E-state index in [9.17, 15) is 13.2 Å². The lowest BCUT2D eigenvalue weighted by atomic mass is 10.2. The number of halogens is 4. The molecule has 0 amide bonds. The molecule has 0 atom stereocenters. The second-order valence-electron chi connectivity index (χ2n) is 5.50. The zero-order valence-corrected chi connectivity index (χ0v) is 17.6. The Balaban J connectivity index is 0.00000392. The van der Waals surface area contributed by atoms with Crippen LogP contribution in [0.2, 0.25) is 0 Å². The van der Waals surface area contributed by atoms with E-state index < -0.39 is 6.36 Å². The fourth-order valence-electron chi connectivity index (χ4n) is 2.23. The van der Waals surface area contributed by atoms with Crippen molar-refractivity contribution in [2.75, 3.05) is 26.8 Å². The highest BCUT2D eigenvalue weighted by Crippen LogP contribution is 2.26. The number of alkyl halides is 3. The molecule has 1 aromatic carbocycles. The van der Waals surface area contributed by atoms with Gasteiger partial charge in [0.05, 0.1) is 19.4 Å². The fourth-order valence-corrected chi connectivity index (χ4v) is 2.23. The minimum atomic E-state index is -4.75. The monoisotopic (exact) mass is 513 g/mol. The van der Waals surface area contributed by atoms with Crippen molar-refractivity contribution in [3.8, 4) is 5.75 Å². The Morgan fingerprint density at radius 1 is 1.11 bits per heavy atom. The third kappa shape index (κ3) is 9.31. The highest BCUT2D eigenvalue weighted by atomic mass is 127. The Morgan fingerprint density at radius 2 is 1.86 bits per heavy atom. The van der Waals surface area contributed by atoms with E-state index in [0.717, 1.165) is 5.76 Å². The van der Waals surface area contributed by atoms with Crippen molar-refractivity contribution in [1.29, 1.82) is 0 Å². The topological polar surface area (TPSA) is 68.0 Å². The highest BCUT2D eigenvalue weighted by molar-refractivity contribution is 14.0. The Bertz CT molecular complexity index is 710. The lowest BCUT2D eigenvalue weighted by molar-refractivity contribution is -0.274. The number of nitrogens with zero attached hydrogens (tertiary/aromatic N) is 1. The number of guanidine groups is 1. The van der Waals surface area contributed by atoms with Gasteiger partial charge in [-0.05, 0) is 18.2 Å². The Morgan fingerprint density at radius 3 is 2.54 bits per heavy atom. The number of para-hydroxylation sites is 1. The van der Waals surface area contributed by atoms with E-state index in [-0.39, 0.29) is 36.3 Å². The maximum absolute atomic E-state index is 12.5. The number of hydrogen-bond donors (Lipinski definition) is 2. The van der Waals surface area contributed by atoms with Crippen LogP contribution >= 0.6 is 24.0 Å². The van der Waals surface area contributed by atoms with E-state index in [4.69, 9.17) is 9.15 Å². The number of hydrogen-bond acceptors (Lipinski definition) is 4. The molecule has 2 N–H and O–H groups in total. The smallest absolute Gasteiger partial charge is 0.469 e. The van der Waals surface area contributed by atoms with Crippen LogP contribution in [0.4, 0.5) is 13.2 Å². The molecule has 0 aliphatic rings. The molecule has 1 heterocycles. The number of furan rings is 1. The van der Waals surface area contributed by atoms with Gasteiger partial charge < -0.3 is 24.5 Å². The van der Waals surface area contributed by atoms with E-state index in [1.807, 2.05) is 6.07 Å². The SMILES string of the molecule is COCCNC(=NCc1ccccc1OC(F)(F)F)NCCc1ccco1.I. The first kappa shape index (κ1) is 24.1. The van der Waals surface area contributed by atoms with Crippen molar-refractivity contribution in [1.82, 2.24) is 10.6 Å². The van der Waals surface area contributed by atoms with Crippen molar-refractivity contribution in [2.24, 2.45) is 4.99 Å². The zero-order valence-electron chi connectivity index (χ0n) is 15.3. The van der Waals surface area contributed by atoms with Crippen molar-refractivity contribution in [3.63, 3.8) is 0 Å². The number of nitrogens with one attached hydrogen (secondary N) is 2. The summed E-state index contributed by atoms with van der Waals surface area (Å²) in [6, 6.07) is 9.59. The summed E-state index contributed by atoms with van der Waals surface area (Å²) in [5.74, 6) is 1.02. The Hall–Kier alpha value is -1.95. The van der Waals surface area contributed by atoms with Gasteiger partial charge in [-0.25, -0.2) is 4.99 Å². The molecule has 0 radical (unpaired) electrons. The van der Waals surface area contributed by atoms with Gasteiger partial charge in [-0.2, -0.15) is 0 Å². The molecule has 1 aromatic heterocycles. The summed E-state index contributed by atoms with van der Waals surface area (Å²) in [5.41, 5.74) is 0.328. The maximum Gasteiger partial charge on any atom is 0.573 e.